The van der Waals surface area contributed by atoms with E-state index in [-0.39, 0.29) is 36.6 Å². The van der Waals surface area contributed by atoms with Crippen molar-refractivity contribution < 1.29 is 33.8 Å². The van der Waals surface area contributed by atoms with Crippen LogP contribution in [0.15, 0.2) is 140 Å². The van der Waals surface area contributed by atoms with Crippen molar-refractivity contribution in [1.82, 2.24) is 35.5 Å². The molecule has 3 atom stereocenters. The minimum Gasteiger partial charge on any atom is -0.504 e. The van der Waals surface area contributed by atoms with Crippen LogP contribution in [0.3, 0.4) is 0 Å². The third-order valence-corrected chi connectivity index (χ3v) is 12.6. The van der Waals surface area contributed by atoms with Crippen LogP contribution in [0, 0.1) is 0 Å². The molecule has 10 rings (SSSR count). The second kappa shape index (κ2) is 18.2. The number of likely N-dealkylation sites (tertiary alicyclic amines) is 1. The maximum atomic E-state index is 15.0. The molecule has 1 aliphatic rings. The third kappa shape index (κ3) is 8.52. The average molecular weight is 894 g/mol. The predicted molar refractivity (Wildman–Crippen MR) is 255 cm³/mol. The monoisotopic (exact) mass is 893 g/mol. The van der Waals surface area contributed by atoms with Crippen molar-refractivity contribution in [2.24, 2.45) is 0 Å². The van der Waals surface area contributed by atoms with E-state index in [9.17, 15) is 19.5 Å². The van der Waals surface area contributed by atoms with E-state index in [4.69, 9.17) is 14.5 Å². The molecule has 0 aliphatic carbocycles. The minimum absolute atomic E-state index is 0.0383. The maximum absolute atomic E-state index is 15.0. The van der Waals surface area contributed by atoms with E-state index in [1.54, 1.807) is 18.2 Å². The lowest BCUT2D eigenvalue weighted by Crippen LogP contribution is -2.57. The summed E-state index contributed by atoms with van der Waals surface area (Å²) in [6, 6.07) is 35.8. The highest BCUT2D eigenvalue weighted by Gasteiger charge is 2.40. The Kier molecular flexibility index (Phi) is 11.6. The molecule has 0 unspecified atom stereocenters. The Balaban J connectivity index is 1.000. The number of benzene rings is 5. The number of para-hydroxylation sites is 3. The summed E-state index contributed by atoms with van der Waals surface area (Å²) in [6.07, 6.45) is 4.79. The van der Waals surface area contributed by atoms with E-state index in [1.807, 2.05) is 116 Å². The number of aromatic nitrogens is 4. The number of rotatable bonds is 14. The molecule has 9 aromatic rings. The molecule has 67 heavy (non-hydrogen) atoms. The summed E-state index contributed by atoms with van der Waals surface area (Å²) in [5, 5.41) is 19.8. The van der Waals surface area contributed by atoms with Crippen molar-refractivity contribution in [3.05, 3.63) is 162 Å². The Morgan fingerprint density at radius 2 is 1.39 bits per heavy atom. The van der Waals surface area contributed by atoms with E-state index in [1.165, 1.54) is 18.1 Å². The second-order valence-electron chi connectivity index (χ2n) is 16.8. The average Bonchev–Trinajstić information content (AvgIpc) is 4.19. The molecule has 336 valence electrons. The topological polar surface area (TPSA) is 195 Å². The van der Waals surface area contributed by atoms with Crippen molar-refractivity contribution in [3.8, 4) is 22.8 Å². The van der Waals surface area contributed by atoms with Gasteiger partial charge in [-0.05, 0) is 72.0 Å². The van der Waals surface area contributed by atoms with Gasteiger partial charge in [0.2, 0.25) is 11.8 Å². The fourth-order valence-electron chi connectivity index (χ4n) is 9.25. The van der Waals surface area contributed by atoms with Crippen LogP contribution in [0.4, 0.5) is 0 Å². The third-order valence-electron chi connectivity index (χ3n) is 12.6. The fraction of sp³-hybridized carbons (Fsp3) is 0.189. The van der Waals surface area contributed by atoms with Crippen molar-refractivity contribution in [3.63, 3.8) is 0 Å². The van der Waals surface area contributed by atoms with Crippen molar-refractivity contribution >= 4 is 67.3 Å². The Bertz CT molecular complexity index is 3320. The maximum Gasteiger partial charge on any atom is 0.329 e. The number of amides is 3. The molecule has 0 radical (unpaired) electrons. The Labute approximate surface area is 384 Å². The first-order chi connectivity index (χ1) is 32.7. The lowest BCUT2D eigenvalue weighted by atomic mass is 10.0. The molecule has 14 nitrogen and oxygen atoms in total. The number of carbonyl (C=O) groups excluding carboxylic acids is 4. The van der Waals surface area contributed by atoms with Gasteiger partial charge in [-0.1, -0.05) is 84.9 Å². The van der Waals surface area contributed by atoms with Gasteiger partial charge in [0.1, 0.15) is 30.4 Å². The number of nitrogens with zero attached hydrogens (tertiary/aromatic N) is 2. The summed E-state index contributed by atoms with van der Waals surface area (Å²) in [5.74, 6) is -1.99. The quantitative estimate of drug-likeness (QED) is 0.0594. The number of ether oxygens (including phenoxy) is 2. The molecule has 0 spiro atoms. The number of nitrogens with one attached hydrogen (secondary N) is 5. The highest BCUT2D eigenvalue weighted by molar-refractivity contribution is 6.13. The van der Waals surface area contributed by atoms with Crippen molar-refractivity contribution in [2.75, 3.05) is 13.7 Å². The van der Waals surface area contributed by atoms with Gasteiger partial charge in [0, 0.05) is 75.4 Å². The lowest BCUT2D eigenvalue weighted by Gasteiger charge is -2.29. The molecule has 0 saturated carbocycles. The van der Waals surface area contributed by atoms with Gasteiger partial charge in [-0.3, -0.25) is 14.4 Å². The Hall–Kier alpha value is -8.39. The summed E-state index contributed by atoms with van der Waals surface area (Å²) >= 11 is 0. The first-order valence-electron chi connectivity index (χ1n) is 22.2. The van der Waals surface area contributed by atoms with Crippen molar-refractivity contribution in [1.29, 1.82) is 0 Å². The number of hydrogen-bond acceptors (Lipinski definition) is 8. The van der Waals surface area contributed by atoms with Gasteiger partial charge in [0.05, 0.1) is 18.3 Å². The number of hydrogen-bond donors (Lipinski definition) is 6. The van der Waals surface area contributed by atoms with Crippen LogP contribution >= 0.6 is 0 Å². The van der Waals surface area contributed by atoms with Gasteiger partial charge in [0.25, 0.3) is 5.91 Å². The van der Waals surface area contributed by atoms with E-state index in [0.29, 0.717) is 36.2 Å². The summed E-state index contributed by atoms with van der Waals surface area (Å²) in [7, 11) is 1.46. The number of phenols is 1. The summed E-state index contributed by atoms with van der Waals surface area (Å²) in [6.45, 7) is 0.368. The first kappa shape index (κ1) is 42.6. The van der Waals surface area contributed by atoms with Gasteiger partial charge in [-0.15, -0.1) is 0 Å². The molecule has 6 N–H and O–H groups in total. The minimum atomic E-state index is -1.20. The number of aromatic hydroxyl groups is 1. The van der Waals surface area contributed by atoms with Gasteiger partial charge < -0.3 is 45.1 Å². The van der Waals surface area contributed by atoms with Gasteiger partial charge >= 0.3 is 5.97 Å². The molecule has 5 aromatic carbocycles. The molecular weight excluding hydrogens is 847 g/mol. The number of aromatic amines is 3. The van der Waals surface area contributed by atoms with E-state index < -0.39 is 41.8 Å². The lowest BCUT2D eigenvalue weighted by molar-refractivity contribution is -0.155. The smallest absolute Gasteiger partial charge is 0.329 e. The van der Waals surface area contributed by atoms with Gasteiger partial charge in [-0.25, -0.2) is 9.78 Å². The zero-order chi connectivity index (χ0) is 46.0. The van der Waals surface area contributed by atoms with Crippen LogP contribution in [0.1, 0.15) is 40.0 Å². The standard InChI is InChI=1S/C53H47N7O7/c1-66-47-26-32(21-22-46(47)61)48-49-38(37-16-7-10-19-41(37)56-49)27-43(57-48)51(63)58-42(24-33-28-54-39-17-8-5-14-35(33)39)50(62)59-44(25-34-29-55-40-18-9-6-15-36(34)40)52(64)60-23-11-20-45(60)53(65)67-30-31-12-3-2-4-13-31/h2-10,12-19,21-22,26-29,42,44-45,54-56,61H,11,20,23-25,30H2,1H3,(H,58,63)(H,59,62)/t42-,44-,45-/m0/s1. The van der Waals surface area contributed by atoms with Crippen LogP contribution in [0.5, 0.6) is 11.5 Å². The summed E-state index contributed by atoms with van der Waals surface area (Å²) in [5.41, 5.74) is 6.67. The number of pyridine rings is 1. The van der Waals surface area contributed by atoms with Gasteiger partial charge in [0.15, 0.2) is 11.5 Å². The van der Waals surface area contributed by atoms with Gasteiger partial charge in [-0.2, -0.15) is 0 Å². The first-order valence-corrected chi connectivity index (χ1v) is 22.2. The summed E-state index contributed by atoms with van der Waals surface area (Å²) < 4.78 is 11.2. The number of esters is 1. The van der Waals surface area contributed by atoms with Crippen LogP contribution in [0.25, 0.3) is 54.9 Å². The zero-order valence-corrected chi connectivity index (χ0v) is 36.5. The number of fused-ring (bicyclic) bond motifs is 5. The van der Waals surface area contributed by atoms with Crippen molar-refractivity contribution in [2.45, 2.75) is 50.4 Å². The molecular formula is C53H47N7O7. The molecule has 14 heteroatoms. The number of H-pyrrole nitrogens is 3. The predicted octanol–water partition coefficient (Wildman–Crippen LogP) is 7.86. The van der Waals surface area contributed by atoms with Crippen LogP contribution in [-0.4, -0.2) is 85.4 Å². The second-order valence-corrected chi connectivity index (χ2v) is 16.8. The molecule has 5 heterocycles. The van der Waals surface area contributed by atoms with Crippen LogP contribution < -0.4 is 15.4 Å². The Morgan fingerprint density at radius 3 is 2.09 bits per heavy atom. The number of methoxy groups -OCH3 is 1. The normalized spacial score (nSPS) is 14.6. The van der Waals surface area contributed by atoms with E-state index in [2.05, 4.69) is 25.6 Å². The SMILES string of the molecule is COc1cc(-c2nc(C(=O)N[C@@H](Cc3c[nH]c4ccccc34)C(=O)N[C@@H](Cc3c[nH]c4ccccc34)C(=O)N3CCC[C@H]3C(=O)OCc3ccccc3)cc3c2[nH]c2ccccc23)ccc1O. The largest absolute Gasteiger partial charge is 0.504 e. The highest BCUT2D eigenvalue weighted by atomic mass is 16.5. The van der Waals surface area contributed by atoms with Crippen LogP contribution in [0.2, 0.25) is 0 Å². The number of phenolic OH excluding ortho intramolecular Hbond substituents is 1. The highest BCUT2D eigenvalue weighted by Crippen LogP contribution is 2.37. The Morgan fingerprint density at radius 1 is 0.746 bits per heavy atom. The molecule has 4 aromatic heterocycles. The molecule has 1 fully saturated rings. The summed E-state index contributed by atoms with van der Waals surface area (Å²) in [4.78, 5) is 74.7. The number of carbonyl (C=O) groups is 4. The zero-order valence-electron chi connectivity index (χ0n) is 36.5. The van der Waals surface area contributed by atoms with Crippen LogP contribution in [-0.2, 0) is 38.6 Å². The fourth-order valence-corrected chi connectivity index (χ4v) is 9.25. The molecule has 1 aliphatic heterocycles. The molecule has 0 bridgehead atoms. The molecule has 1 saturated heterocycles. The van der Waals surface area contributed by atoms with E-state index in [0.717, 1.165) is 54.8 Å². The molecule has 3 amide bonds. The van der Waals surface area contributed by atoms with E-state index >= 15 is 4.79 Å².